The normalized spacial score (nSPS) is 10.4. The summed E-state index contributed by atoms with van der Waals surface area (Å²) in [5.74, 6) is -0.642. The molecule has 10 heteroatoms. The number of anilines is 2. The number of nitrogens with zero attached hydrogens (tertiary/aromatic N) is 1. The van der Waals surface area contributed by atoms with Gasteiger partial charge in [0.2, 0.25) is 11.8 Å². The lowest BCUT2D eigenvalue weighted by atomic mass is 10.3. The Balaban J connectivity index is 1.75. The van der Waals surface area contributed by atoms with Crippen LogP contribution in [0.4, 0.5) is 15.8 Å². The molecule has 0 saturated heterocycles. The van der Waals surface area contributed by atoms with Crippen LogP contribution in [-0.4, -0.2) is 53.8 Å². The highest BCUT2D eigenvalue weighted by atomic mass is 35.5. The van der Waals surface area contributed by atoms with Gasteiger partial charge in [0.25, 0.3) is 5.91 Å². The highest BCUT2D eigenvalue weighted by molar-refractivity contribution is 8.00. The van der Waals surface area contributed by atoms with Gasteiger partial charge in [0, 0.05) is 24.5 Å². The van der Waals surface area contributed by atoms with Crippen molar-refractivity contribution in [2.45, 2.75) is 13.8 Å². The Morgan fingerprint density at radius 2 is 1.53 bits per heavy atom. The second-order valence-electron chi connectivity index (χ2n) is 6.60. The second-order valence-corrected chi connectivity index (χ2v) is 7.99. The van der Waals surface area contributed by atoms with Gasteiger partial charge in [0.05, 0.1) is 16.5 Å². The maximum Gasteiger partial charge on any atom is 0.260 e. The number of hydrogen-bond donors (Lipinski definition) is 2. The molecule has 172 valence electrons. The zero-order valence-corrected chi connectivity index (χ0v) is 19.4. The quantitative estimate of drug-likeness (QED) is 0.506. The maximum atomic E-state index is 12.9. The van der Waals surface area contributed by atoms with Crippen LogP contribution >= 0.6 is 23.4 Å². The zero-order valence-electron chi connectivity index (χ0n) is 17.8. The molecular formula is C22H25ClFN3O4S. The van der Waals surface area contributed by atoms with Crippen molar-refractivity contribution in [1.82, 2.24) is 4.90 Å². The van der Waals surface area contributed by atoms with E-state index in [-0.39, 0.29) is 46.7 Å². The van der Waals surface area contributed by atoms with E-state index in [0.29, 0.717) is 30.2 Å². The van der Waals surface area contributed by atoms with Gasteiger partial charge in [-0.05, 0) is 56.3 Å². The first kappa shape index (κ1) is 25.5. The molecule has 32 heavy (non-hydrogen) atoms. The highest BCUT2D eigenvalue weighted by Gasteiger charge is 2.13. The molecule has 7 nitrogen and oxygen atoms in total. The third-order valence-corrected chi connectivity index (χ3v) is 5.51. The number of carbonyl (C=O) groups is 3. The number of ether oxygens (including phenoxy) is 1. The average Bonchev–Trinajstić information content (AvgIpc) is 2.75. The smallest absolute Gasteiger partial charge is 0.260 e. The maximum absolute atomic E-state index is 12.9. The predicted octanol–water partition coefficient (Wildman–Crippen LogP) is 4.04. The van der Waals surface area contributed by atoms with Gasteiger partial charge in [-0.1, -0.05) is 11.6 Å². The molecule has 0 bridgehead atoms. The minimum atomic E-state index is -0.387. The van der Waals surface area contributed by atoms with Gasteiger partial charge >= 0.3 is 0 Å². The van der Waals surface area contributed by atoms with E-state index in [9.17, 15) is 18.8 Å². The number of amides is 3. The molecule has 0 fully saturated rings. The summed E-state index contributed by atoms with van der Waals surface area (Å²) < 4.78 is 18.4. The zero-order chi connectivity index (χ0) is 23.5. The van der Waals surface area contributed by atoms with Crippen LogP contribution in [0, 0.1) is 5.82 Å². The number of benzene rings is 2. The van der Waals surface area contributed by atoms with Crippen molar-refractivity contribution in [3.63, 3.8) is 0 Å². The van der Waals surface area contributed by atoms with Crippen molar-refractivity contribution in [3.05, 3.63) is 53.3 Å². The van der Waals surface area contributed by atoms with Gasteiger partial charge in [0.15, 0.2) is 6.61 Å². The van der Waals surface area contributed by atoms with Crippen LogP contribution in [0.3, 0.4) is 0 Å². The molecular weight excluding hydrogens is 457 g/mol. The lowest BCUT2D eigenvalue weighted by Crippen LogP contribution is -2.34. The minimum absolute atomic E-state index is 0.0606. The number of hydrogen-bond acceptors (Lipinski definition) is 5. The SMILES string of the molecule is CCN(CC)C(=O)COc1ccc(NC(=O)CSCC(=O)Nc2ccc(F)cc2)cc1Cl. The molecule has 0 heterocycles. The van der Waals surface area contributed by atoms with E-state index in [1.54, 1.807) is 17.0 Å². The summed E-state index contributed by atoms with van der Waals surface area (Å²) >= 11 is 7.33. The third kappa shape index (κ3) is 8.39. The summed E-state index contributed by atoms with van der Waals surface area (Å²) in [6, 6.07) is 10.1. The van der Waals surface area contributed by atoms with Crippen molar-refractivity contribution in [2.24, 2.45) is 0 Å². The lowest BCUT2D eigenvalue weighted by Gasteiger charge is -2.19. The summed E-state index contributed by atoms with van der Waals surface area (Å²) in [4.78, 5) is 37.7. The summed E-state index contributed by atoms with van der Waals surface area (Å²) in [6.07, 6.45) is 0. The first-order valence-electron chi connectivity index (χ1n) is 9.95. The lowest BCUT2D eigenvalue weighted by molar-refractivity contribution is -0.133. The van der Waals surface area contributed by atoms with Crippen molar-refractivity contribution in [1.29, 1.82) is 0 Å². The third-order valence-electron chi connectivity index (χ3n) is 4.28. The Morgan fingerprint density at radius 1 is 0.969 bits per heavy atom. The Kier molecular flexibility index (Phi) is 10.3. The van der Waals surface area contributed by atoms with Crippen molar-refractivity contribution < 1.29 is 23.5 Å². The van der Waals surface area contributed by atoms with Crippen LogP contribution in [0.1, 0.15) is 13.8 Å². The highest BCUT2D eigenvalue weighted by Crippen LogP contribution is 2.28. The van der Waals surface area contributed by atoms with Crippen LogP contribution in [0.5, 0.6) is 5.75 Å². The number of halogens is 2. The molecule has 2 rings (SSSR count). The first-order chi connectivity index (χ1) is 15.3. The number of nitrogens with one attached hydrogen (secondary N) is 2. The molecule has 2 aromatic carbocycles. The van der Waals surface area contributed by atoms with E-state index in [1.807, 2.05) is 13.8 Å². The first-order valence-corrected chi connectivity index (χ1v) is 11.5. The van der Waals surface area contributed by atoms with Crippen LogP contribution in [0.25, 0.3) is 0 Å². The molecule has 3 amide bonds. The van der Waals surface area contributed by atoms with E-state index in [2.05, 4.69) is 10.6 Å². The molecule has 0 aliphatic heterocycles. The van der Waals surface area contributed by atoms with Gasteiger partial charge in [0.1, 0.15) is 11.6 Å². The molecule has 0 spiro atoms. The molecule has 0 aliphatic rings. The molecule has 0 aliphatic carbocycles. The number of likely N-dealkylation sites (N-methyl/N-ethyl adjacent to an activating group) is 1. The van der Waals surface area contributed by atoms with Crippen LogP contribution in [-0.2, 0) is 14.4 Å². The second kappa shape index (κ2) is 12.9. The average molecular weight is 482 g/mol. The van der Waals surface area contributed by atoms with Crippen molar-refractivity contribution in [2.75, 3.05) is 41.8 Å². The largest absolute Gasteiger partial charge is 0.482 e. The number of carbonyl (C=O) groups excluding carboxylic acids is 3. The summed E-state index contributed by atoms with van der Waals surface area (Å²) in [5, 5.41) is 5.58. The fourth-order valence-corrected chi connectivity index (χ4v) is 3.52. The van der Waals surface area contributed by atoms with Gasteiger partial charge in [-0.15, -0.1) is 11.8 Å². The topological polar surface area (TPSA) is 87.7 Å². The van der Waals surface area contributed by atoms with E-state index in [0.717, 1.165) is 11.8 Å². The fraction of sp³-hybridized carbons (Fsp3) is 0.318. The molecule has 0 radical (unpaired) electrons. The predicted molar refractivity (Wildman–Crippen MR) is 126 cm³/mol. The Bertz CT molecular complexity index is 939. The Morgan fingerprint density at radius 3 is 2.09 bits per heavy atom. The fourth-order valence-electron chi connectivity index (χ4n) is 2.67. The van der Waals surface area contributed by atoms with Crippen molar-refractivity contribution in [3.8, 4) is 5.75 Å². The number of rotatable bonds is 11. The van der Waals surface area contributed by atoms with Crippen molar-refractivity contribution >= 4 is 52.5 Å². The number of thioether (sulfide) groups is 1. The van der Waals surface area contributed by atoms with Crippen LogP contribution in [0.15, 0.2) is 42.5 Å². The van der Waals surface area contributed by atoms with E-state index < -0.39 is 0 Å². The van der Waals surface area contributed by atoms with Crippen LogP contribution in [0.2, 0.25) is 5.02 Å². The molecule has 2 aromatic rings. The summed E-state index contributed by atoms with van der Waals surface area (Å²) in [5.41, 5.74) is 0.955. The molecule has 2 N–H and O–H groups in total. The van der Waals surface area contributed by atoms with E-state index >= 15 is 0 Å². The monoisotopic (exact) mass is 481 g/mol. The van der Waals surface area contributed by atoms with Gasteiger partial charge < -0.3 is 20.3 Å². The molecule has 0 unspecified atom stereocenters. The molecule has 0 atom stereocenters. The van der Waals surface area contributed by atoms with Gasteiger partial charge in [-0.3, -0.25) is 14.4 Å². The Hall–Kier alpha value is -2.78. The van der Waals surface area contributed by atoms with E-state index in [1.165, 1.54) is 30.3 Å². The van der Waals surface area contributed by atoms with Crippen LogP contribution < -0.4 is 15.4 Å². The van der Waals surface area contributed by atoms with E-state index in [4.69, 9.17) is 16.3 Å². The van der Waals surface area contributed by atoms with Gasteiger partial charge in [-0.25, -0.2) is 4.39 Å². The molecule has 0 aromatic heterocycles. The minimum Gasteiger partial charge on any atom is -0.482 e. The summed E-state index contributed by atoms with van der Waals surface area (Å²) in [7, 11) is 0. The Labute approximate surface area is 195 Å². The van der Waals surface area contributed by atoms with Gasteiger partial charge in [-0.2, -0.15) is 0 Å². The standard InChI is InChI=1S/C22H25ClFN3O4S/c1-3-27(4-2)22(30)12-31-19-10-9-17(11-18(19)23)26-21(29)14-32-13-20(28)25-16-7-5-15(24)6-8-16/h5-11H,3-4,12-14H2,1-2H3,(H,25,28)(H,26,29). The molecule has 0 saturated carbocycles. The summed E-state index contributed by atoms with van der Waals surface area (Å²) in [6.45, 7) is 4.86.